The van der Waals surface area contributed by atoms with Crippen LogP contribution in [-0.4, -0.2) is 29.1 Å². The van der Waals surface area contributed by atoms with Gasteiger partial charge in [-0.2, -0.15) is 0 Å². The molecule has 33 heavy (non-hydrogen) atoms. The summed E-state index contributed by atoms with van der Waals surface area (Å²) in [6.07, 6.45) is 2.31. The zero-order chi connectivity index (χ0) is 22.9. The van der Waals surface area contributed by atoms with Gasteiger partial charge in [0.05, 0.1) is 17.8 Å². The Labute approximate surface area is 190 Å². The van der Waals surface area contributed by atoms with Gasteiger partial charge in [0.25, 0.3) is 0 Å². The van der Waals surface area contributed by atoms with Crippen molar-refractivity contribution in [2.75, 3.05) is 5.73 Å². The van der Waals surface area contributed by atoms with Crippen molar-refractivity contribution in [2.45, 2.75) is 26.8 Å². The summed E-state index contributed by atoms with van der Waals surface area (Å²) in [5.74, 6) is 0.101. The summed E-state index contributed by atoms with van der Waals surface area (Å²) in [6.45, 7) is 4.27. The molecule has 0 amide bonds. The third-order valence-electron chi connectivity index (χ3n) is 5.48. The number of nitrogens with two attached hydrogens (primary N) is 1. The van der Waals surface area contributed by atoms with Crippen molar-refractivity contribution in [1.82, 2.24) is 29.1 Å². The molecule has 0 saturated heterocycles. The van der Waals surface area contributed by atoms with E-state index in [9.17, 15) is 4.79 Å². The van der Waals surface area contributed by atoms with Gasteiger partial charge in [-0.25, -0.2) is 18.9 Å². The third-order valence-corrected chi connectivity index (χ3v) is 5.48. The fourth-order valence-corrected chi connectivity index (χ4v) is 4.06. The molecule has 0 aliphatic carbocycles. The van der Waals surface area contributed by atoms with E-state index in [4.69, 9.17) is 10.8 Å². The Morgan fingerprint density at radius 2 is 1.64 bits per heavy atom. The van der Waals surface area contributed by atoms with E-state index in [1.165, 1.54) is 9.08 Å². The minimum atomic E-state index is -0.325. The Morgan fingerprint density at radius 1 is 0.909 bits per heavy atom. The molecule has 4 aromatic heterocycles. The second-order valence-electron chi connectivity index (χ2n) is 7.93. The molecular weight excluding hydrogens is 414 g/mol. The lowest BCUT2D eigenvalue weighted by Crippen LogP contribution is -2.24. The standard InChI is InChI=1S/C25H23N7O/c1-16-14-19(15-17(2)28-16)21-22(18-8-4-3-5-9-18)29-24(26)32-23(21)30-31(25(32)33)13-11-20-10-6-7-12-27-20/h3-10,12,14-15H,11,13H2,1-2H3,(H2,26,29). The highest BCUT2D eigenvalue weighted by atomic mass is 16.2. The minimum Gasteiger partial charge on any atom is -0.369 e. The number of rotatable bonds is 5. The van der Waals surface area contributed by atoms with Crippen LogP contribution in [0.1, 0.15) is 17.1 Å². The lowest BCUT2D eigenvalue weighted by atomic mass is 9.99. The molecule has 8 heteroatoms. The van der Waals surface area contributed by atoms with E-state index in [-0.39, 0.29) is 11.6 Å². The van der Waals surface area contributed by atoms with Crippen LogP contribution in [0, 0.1) is 13.8 Å². The van der Waals surface area contributed by atoms with Crippen molar-refractivity contribution in [3.05, 3.63) is 94.4 Å². The molecule has 4 heterocycles. The summed E-state index contributed by atoms with van der Waals surface area (Å²) < 4.78 is 2.81. The van der Waals surface area contributed by atoms with Crippen LogP contribution < -0.4 is 11.4 Å². The van der Waals surface area contributed by atoms with Crippen LogP contribution in [0.25, 0.3) is 28.0 Å². The van der Waals surface area contributed by atoms with Gasteiger partial charge in [0.1, 0.15) is 0 Å². The molecule has 8 nitrogen and oxygen atoms in total. The van der Waals surface area contributed by atoms with Crippen LogP contribution in [0.4, 0.5) is 5.95 Å². The van der Waals surface area contributed by atoms with E-state index in [1.54, 1.807) is 6.20 Å². The first kappa shape index (κ1) is 20.6. The molecule has 0 bridgehead atoms. The highest BCUT2D eigenvalue weighted by Gasteiger charge is 2.22. The predicted molar refractivity (Wildman–Crippen MR) is 128 cm³/mol. The molecule has 0 atom stereocenters. The summed E-state index contributed by atoms with van der Waals surface area (Å²) in [7, 11) is 0. The van der Waals surface area contributed by atoms with Crippen LogP contribution in [0.3, 0.4) is 0 Å². The maximum absolute atomic E-state index is 13.2. The fourth-order valence-electron chi connectivity index (χ4n) is 4.06. The van der Waals surface area contributed by atoms with Crippen molar-refractivity contribution < 1.29 is 0 Å². The molecule has 164 valence electrons. The number of fused-ring (bicyclic) bond motifs is 1. The second-order valence-corrected chi connectivity index (χ2v) is 7.93. The molecule has 5 rings (SSSR count). The first-order valence-electron chi connectivity index (χ1n) is 10.7. The van der Waals surface area contributed by atoms with Gasteiger partial charge in [0.15, 0.2) is 5.65 Å². The monoisotopic (exact) mass is 437 g/mol. The average Bonchev–Trinajstić information content (AvgIpc) is 3.14. The SMILES string of the molecule is Cc1cc(-c2c(-c3ccccc3)nc(N)n3c(=O)n(CCc4ccccn4)nc23)cc(C)n1. The van der Waals surface area contributed by atoms with Gasteiger partial charge in [-0.1, -0.05) is 36.4 Å². The number of pyridine rings is 2. The van der Waals surface area contributed by atoms with Crippen LogP contribution in [0.15, 0.2) is 71.7 Å². The normalized spacial score (nSPS) is 11.2. The van der Waals surface area contributed by atoms with Crippen molar-refractivity contribution in [3.8, 4) is 22.4 Å². The van der Waals surface area contributed by atoms with Gasteiger partial charge in [0.2, 0.25) is 5.95 Å². The lowest BCUT2D eigenvalue weighted by Gasteiger charge is -2.13. The summed E-state index contributed by atoms with van der Waals surface area (Å²) in [5, 5.41) is 4.71. The molecule has 0 spiro atoms. The van der Waals surface area contributed by atoms with Gasteiger partial charge in [-0.15, -0.1) is 5.10 Å². The Morgan fingerprint density at radius 3 is 2.33 bits per heavy atom. The largest absolute Gasteiger partial charge is 0.369 e. The average molecular weight is 438 g/mol. The topological polar surface area (TPSA) is 104 Å². The first-order valence-corrected chi connectivity index (χ1v) is 10.7. The smallest absolute Gasteiger partial charge is 0.353 e. The summed E-state index contributed by atoms with van der Waals surface area (Å²) in [6, 6.07) is 19.5. The van der Waals surface area contributed by atoms with Crippen LogP contribution in [-0.2, 0) is 13.0 Å². The predicted octanol–water partition coefficient (Wildman–Crippen LogP) is 3.46. The van der Waals surface area contributed by atoms with Gasteiger partial charge in [-0.3, -0.25) is 9.97 Å². The molecule has 0 radical (unpaired) electrons. The van der Waals surface area contributed by atoms with E-state index < -0.39 is 0 Å². The minimum absolute atomic E-state index is 0.101. The Bertz CT molecular complexity index is 1490. The van der Waals surface area contributed by atoms with Crippen LogP contribution in [0.5, 0.6) is 0 Å². The molecule has 0 saturated carbocycles. The Balaban J connectivity index is 1.75. The summed E-state index contributed by atoms with van der Waals surface area (Å²) >= 11 is 0. The molecule has 2 N–H and O–H groups in total. The number of aromatic nitrogens is 6. The van der Waals surface area contributed by atoms with Crippen LogP contribution in [0.2, 0.25) is 0 Å². The lowest BCUT2D eigenvalue weighted by molar-refractivity contribution is 0.587. The molecule has 0 aliphatic heterocycles. The Hall–Kier alpha value is -4.33. The van der Waals surface area contributed by atoms with Gasteiger partial charge in [0, 0.05) is 35.3 Å². The van der Waals surface area contributed by atoms with Crippen molar-refractivity contribution in [3.63, 3.8) is 0 Å². The molecule has 0 aliphatic rings. The quantitative estimate of drug-likeness (QED) is 0.452. The number of benzene rings is 1. The van der Waals surface area contributed by atoms with Gasteiger partial charge >= 0.3 is 5.69 Å². The highest BCUT2D eigenvalue weighted by Crippen LogP contribution is 2.34. The van der Waals surface area contributed by atoms with E-state index in [1.807, 2.05) is 74.5 Å². The number of anilines is 1. The van der Waals surface area contributed by atoms with E-state index in [2.05, 4.69) is 15.0 Å². The maximum Gasteiger partial charge on any atom is 0.353 e. The number of hydrogen-bond donors (Lipinski definition) is 1. The molecule has 5 aromatic rings. The zero-order valence-corrected chi connectivity index (χ0v) is 18.4. The fraction of sp³-hybridized carbons (Fsp3) is 0.160. The zero-order valence-electron chi connectivity index (χ0n) is 18.4. The van der Waals surface area contributed by atoms with Gasteiger partial charge < -0.3 is 5.73 Å². The van der Waals surface area contributed by atoms with Crippen LogP contribution >= 0.6 is 0 Å². The van der Waals surface area contributed by atoms with E-state index in [0.717, 1.165) is 33.8 Å². The molecule has 0 unspecified atom stereocenters. The number of nitrogens with zero attached hydrogens (tertiary/aromatic N) is 6. The second kappa shape index (κ2) is 8.31. The number of hydrogen-bond acceptors (Lipinski definition) is 6. The maximum atomic E-state index is 13.2. The van der Waals surface area contributed by atoms with Gasteiger partial charge in [-0.05, 0) is 43.7 Å². The summed E-state index contributed by atoms with van der Waals surface area (Å²) in [5.41, 5.74) is 12.3. The number of aryl methyl sites for hydroxylation is 4. The van der Waals surface area contributed by atoms with E-state index >= 15 is 0 Å². The van der Waals surface area contributed by atoms with Crippen molar-refractivity contribution in [1.29, 1.82) is 0 Å². The van der Waals surface area contributed by atoms with E-state index in [0.29, 0.717) is 24.3 Å². The first-order chi connectivity index (χ1) is 16.0. The summed E-state index contributed by atoms with van der Waals surface area (Å²) in [4.78, 5) is 26.7. The van der Waals surface area contributed by atoms with Crippen molar-refractivity contribution in [2.24, 2.45) is 0 Å². The Kier molecular flexibility index (Phi) is 5.18. The molecular formula is C25H23N7O. The number of nitrogen functional groups attached to an aromatic ring is 1. The molecule has 0 fully saturated rings. The third kappa shape index (κ3) is 3.87. The highest BCUT2D eigenvalue weighted by molar-refractivity contribution is 5.90. The van der Waals surface area contributed by atoms with Crippen molar-refractivity contribution >= 4 is 11.6 Å². The molecule has 1 aromatic carbocycles.